The van der Waals surface area contributed by atoms with Gasteiger partial charge in [0.1, 0.15) is 17.1 Å². The van der Waals surface area contributed by atoms with E-state index in [1.807, 2.05) is 50.8 Å². The van der Waals surface area contributed by atoms with E-state index in [9.17, 15) is 19.5 Å². The van der Waals surface area contributed by atoms with Gasteiger partial charge < -0.3 is 39.2 Å². The maximum atomic E-state index is 14.3. The first kappa shape index (κ1) is 38.1. The standard InChI is InChI=1S/C34H57N3O8/c1-10-24(4)37(19-25-15-29(43-9)18-30(16-25)44-13-11-12-42-8)32(40)27-17-26(31(39)35-28(22-38)14-23(2)3)20-36(21-27)33(41)45-34(5,6)7/h15-16,18,23-24,26-28,38H,10-14,17,19-22H2,1-9H3,(H,35,39)/t24-,26+,27-,28?/m1/s1. The van der Waals surface area contributed by atoms with Crippen molar-refractivity contribution in [2.24, 2.45) is 17.8 Å². The highest BCUT2D eigenvalue weighted by Gasteiger charge is 2.41. The lowest BCUT2D eigenvalue weighted by atomic mass is 9.86. The van der Waals surface area contributed by atoms with Gasteiger partial charge in [0.15, 0.2) is 0 Å². The lowest BCUT2D eigenvalue weighted by Crippen LogP contribution is -2.55. The Hall–Kier alpha value is -3.05. The number of ether oxygens (including phenoxy) is 4. The fourth-order valence-corrected chi connectivity index (χ4v) is 5.43. The van der Waals surface area contributed by atoms with Crippen molar-refractivity contribution in [3.63, 3.8) is 0 Å². The first-order valence-electron chi connectivity index (χ1n) is 16.2. The van der Waals surface area contributed by atoms with E-state index >= 15 is 0 Å². The van der Waals surface area contributed by atoms with Crippen molar-refractivity contribution in [1.29, 1.82) is 0 Å². The van der Waals surface area contributed by atoms with E-state index < -0.39 is 29.6 Å². The van der Waals surface area contributed by atoms with E-state index in [-0.39, 0.29) is 49.9 Å². The molecule has 1 fully saturated rings. The van der Waals surface area contributed by atoms with Crippen molar-refractivity contribution in [2.75, 3.05) is 47.1 Å². The highest BCUT2D eigenvalue weighted by Crippen LogP contribution is 2.30. The third-order valence-electron chi connectivity index (χ3n) is 7.84. The molecule has 0 aromatic heterocycles. The number of hydrogen-bond donors (Lipinski definition) is 2. The maximum absolute atomic E-state index is 14.3. The number of aliphatic hydroxyl groups is 1. The number of rotatable bonds is 16. The van der Waals surface area contributed by atoms with Crippen LogP contribution in [0.5, 0.6) is 11.5 Å². The molecule has 0 aliphatic carbocycles. The van der Waals surface area contributed by atoms with Crippen LogP contribution in [0.3, 0.4) is 0 Å². The van der Waals surface area contributed by atoms with E-state index in [0.717, 1.165) is 18.4 Å². The number of carbonyl (C=O) groups is 3. The molecule has 0 radical (unpaired) electrons. The molecule has 2 rings (SSSR count). The van der Waals surface area contributed by atoms with Gasteiger partial charge in [-0.05, 0) is 70.6 Å². The zero-order valence-electron chi connectivity index (χ0n) is 28.9. The zero-order chi connectivity index (χ0) is 33.7. The largest absolute Gasteiger partial charge is 0.497 e. The van der Waals surface area contributed by atoms with Gasteiger partial charge in [0.2, 0.25) is 11.8 Å². The van der Waals surface area contributed by atoms with Gasteiger partial charge in [-0.25, -0.2) is 4.79 Å². The van der Waals surface area contributed by atoms with Crippen LogP contribution in [0.15, 0.2) is 18.2 Å². The molecule has 1 saturated heterocycles. The Kier molecular flexibility index (Phi) is 15.4. The molecule has 1 heterocycles. The second-order valence-electron chi connectivity index (χ2n) is 13.5. The molecule has 1 unspecified atom stereocenters. The highest BCUT2D eigenvalue weighted by atomic mass is 16.6. The number of methoxy groups -OCH3 is 2. The topological polar surface area (TPSA) is 127 Å². The van der Waals surface area contributed by atoms with Crippen molar-refractivity contribution >= 4 is 17.9 Å². The van der Waals surface area contributed by atoms with Crippen LogP contribution in [-0.2, 0) is 25.6 Å². The van der Waals surface area contributed by atoms with Crippen LogP contribution in [0.4, 0.5) is 4.79 Å². The minimum Gasteiger partial charge on any atom is -0.497 e. The van der Waals surface area contributed by atoms with E-state index in [0.29, 0.717) is 37.7 Å². The van der Waals surface area contributed by atoms with E-state index in [2.05, 4.69) is 5.32 Å². The van der Waals surface area contributed by atoms with Crippen molar-refractivity contribution in [3.8, 4) is 11.5 Å². The summed E-state index contributed by atoms with van der Waals surface area (Å²) < 4.78 is 22.2. The summed E-state index contributed by atoms with van der Waals surface area (Å²) in [6.07, 6.45) is 1.80. The Morgan fingerprint density at radius 1 is 1.04 bits per heavy atom. The maximum Gasteiger partial charge on any atom is 0.410 e. The van der Waals surface area contributed by atoms with Crippen LogP contribution in [0.25, 0.3) is 0 Å². The molecule has 0 saturated carbocycles. The first-order chi connectivity index (χ1) is 21.2. The SMILES string of the molecule is CC[C@@H](C)N(Cc1cc(OC)cc(OCCCOC)c1)C(=O)[C@@H]1C[C@H](C(=O)NC(CO)CC(C)C)CN(C(=O)OC(C)(C)C)C1. The molecular weight excluding hydrogens is 578 g/mol. The molecule has 1 aliphatic rings. The lowest BCUT2D eigenvalue weighted by Gasteiger charge is -2.40. The van der Waals surface area contributed by atoms with Gasteiger partial charge in [-0.15, -0.1) is 0 Å². The Balaban J connectivity index is 2.36. The molecule has 0 spiro atoms. The molecule has 11 heteroatoms. The van der Waals surface area contributed by atoms with Crippen molar-refractivity contribution in [1.82, 2.24) is 15.1 Å². The fourth-order valence-electron chi connectivity index (χ4n) is 5.43. The summed E-state index contributed by atoms with van der Waals surface area (Å²) in [6, 6.07) is 5.10. The lowest BCUT2D eigenvalue weighted by molar-refractivity contribution is -0.142. The molecule has 11 nitrogen and oxygen atoms in total. The van der Waals surface area contributed by atoms with Gasteiger partial charge in [-0.1, -0.05) is 20.8 Å². The summed E-state index contributed by atoms with van der Waals surface area (Å²) in [4.78, 5) is 44.4. The molecule has 2 N–H and O–H groups in total. The summed E-state index contributed by atoms with van der Waals surface area (Å²) in [5, 5.41) is 12.8. The Bertz CT molecular complexity index is 1090. The second-order valence-corrected chi connectivity index (χ2v) is 13.5. The minimum atomic E-state index is -0.733. The third-order valence-corrected chi connectivity index (χ3v) is 7.84. The van der Waals surface area contributed by atoms with Gasteiger partial charge in [0.25, 0.3) is 0 Å². The number of carbonyl (C=O) groups excluding carboxylic acids is 3. The summed E-state index contributed by atoms with van der Waals surface area (Å²) in [7, 11) is 3.24. The molecular formula is C34H57N3O8. The van der Waals surface area contributed by atoms with Crippen LogP contribution in [0.2, 0.25) is 0 Å². The van der Waals surface area contributed by atoms with E-state index in [1.54, 1.807) is 35.0 Å². The van der Waals surface area contributed by atoms with Crippen LogP contribution >= 0.6 is 0 Å². The van der Waals surface area contributed by atoms with Gasteiger partial charge in [0, 0.05) is 51.9 Å². The first-order valence-corrected chi connectivity index (χ1v) is 16.2. The van der Waals surface area contributed by atoms with Gasteiger partial charge in [-0.3, -0.25) is 9.59 Å². The predicted molar refractivity (Wildman–Crippen MR) is 173 cm³/mol. The number of likely N-dealkylation sites (tertiary alicyclic amines) is 1. The fraction of sp³-hybridized carbons (Fsp3) is 0.735. The number of hydrogen-bond acceptors (Lipinski definition) is 8. The third kappa shape index (κ3) is 12.7. The van der Waals surface area contributed by atoms with Crippen molar-refractivity contribution in [2.45, 2.75) is 98.4 Å². The smallest absolute Gasteiger partial charge is 0.410 e. The molecule has 3 amide bonds. The zero-order valence-corrected chi connectivity index (χ0v) is 28.9. The predicted octanol–water partition coefficient (Wildman–Crippen LogP) is 4.63. The number of aliphatic hydroxyl groups excluding tert-OH is 1. The second kappa shape index (κ2) is 18.2. The van der Waals surface area contributed by atoms with Crippen LogP contribution in [-0.4, -0.2) is 97.6 Å². The summed E-state index contributed by atoms with van der Waals surface area (Å²) >= 11 is 0. The Morgan fingerprint density at radius 3 is 2.29 bits per heavy atom. The van der Waals surface area contributed by atoms with Crippen LogP contribution in [0.1, 0.15) is 79.7 Å². The van der Waals surface area contributed by atoms with Crippen LogP contribution < -0.4 is 14.8 Å². The van der Waals surface area contributed by atoms with Crippen LogP contribution in [0, 0.1) is 17.8 Å². The molecule has 1 aliphatic heterocycles. The number of amides is 3. The monoisotopic (exact) mass is 635 g/mol. The average molecular weight is 636 g/mol. The molecule has 0 bridgehead atoms. The van der Waals surface area contributed by atoms with Crippen molar-refractivity contribution < 1.29 is 38.4 Å². The van der Waals surface area contributed by atoms with E-state index in [1.165, 1.54) is 4.90 Å². The number of nitrogens with zero attached hydrogens (tertiary/aromatic N) is 2. The molecule has 1 aromatic rings. The number of benzene rings is 1. The van der Waals surface area contributed by atoms with Gasteiger partial charge in [-0.2, -0.15) is 0 Å². The summed E-state index contributed by atoms with van der Waals surface area (Å²) in [6.45, 7) is 14.9. The van der Waals surface area contributed by atoms with E-state index in [4.69, 9.17) is 18.9 Å². The molecule has 45 heavy (non-hydrogen) atoms. The van der Waals surface area contributed by atoms with Crippen molar-refractivity contribution in [3.05, 3.63) is 23.8 Å². The normalized spacial score (nSPS) is 18.2. The summed E-state index contributed by atoms with van der Waals surface area (Å²) in [5.74, 6) is -0.134. The minimum absolute atomic E-state index is 0.108. The number of nitrogens with one attached hydrogen (secondary N) is 1. The quantitative estimate of drug-likeness (QED) is 0.252. The Labute approximate surface area is 269 Å². The highest BCUT2D eigenvalue weighted by molar-refractivity contribution is 5.84. The number of piperidine rings is 1. The van der Waals surface area contributed by atoms with Gasteiger partial charge in [0.05, 0.1) is 38.2 Å². The molecule has 1 aromatic carbocycles. The summed E-state index contributed by atoms with van der Waals surface area (Å²) in [5.41, 5.74) is 0.113. The molecule has 256 valence electrons. The molecule has 4 atom stereocenters. The Morgan fingerprint density at radius 2 is 1.71 bits per heavy atom. The van der Waals surface area contributed by atoms with Gasteiger partial charge >= 0.3 is 6.09 Å². The average Bonchev–Trinajstić information content (AvgIpc) is 2.99.